The van der Waals surface area contributed by atoms with E-state index in [1.54, 1.807) is 0 Å². The van der Waals surface area contributed by atoms with Crippen molar-refractivity contribution in [1.29, 1.82) is 0 Å². The van der Waals surface area contributed by atoms with Crippen LogP contribution in [0.25, 0.3) is 0 Å². The Hall–Kier alpha value is -6.00. The van der Waals surface area contributed by atoms with Crippen molar-refractivity contribution in [1.82, 2.24) is 0 Å². The van der Waals surface area contributed by atoms with Gasteiger partial charge < -0.3 is 14.7 Å². The lowest BCUT2D eigenvalue weighted by Crippen LogP contribution is -2.62. The second-order valence-electron chi connectivity index (χ2n) is 22.5. The molecule has 0 fully saturated rings. The molecule has 7 aromatic rings. The number of para-hydroxylation sites is 4. The fourth-order valence-corrected chi connectivity index (χ4v) is 10.5. The Labute approximate surface area is 384 Å². The van der Waals surface area contributed by atoms with Crippen LogP contribution in [0.15, 0.2) is 146 Å². The number of hydrogen-bond acceptors (Lipinski definition) is 3. The third kappa shape index (κ3) is 7.33. The molecule has 2 aliphatic rings. The van der Waals surface area contributed by atoms with E-state index in [4.69, 9.17) is 0 Å². The molecule has 0 atom stereocenters. The minimum atomic E-state index is -0.143. The van der Waals surface area contributed by atoms with Gasteiger partial charge in [0.2, 0.25) is 0 Å². The van der Waals surface area contributed by atoms with E-state index in [2.05, 4.69) is 257 Å². The van der Waals surface area contributed by atoms with Crippen LogP contribution in [0.2, 0.25) is 0 Å². The lowest BCUT2D eigenvalue weighted by atomic mass is 9.33. The molecule has 0 radical (unpaired) electrons. The van der Waals surface area contributed by atoms with Gasteiger partial charge in [-0.1, -0.05) is 180 Å². The van der Waals surface area contributed by atoms with E-state index in [-0.39, 0.29) is 28.4 Å². The van der Waals surface area contributed by atoms with Crippen molar-refractivity contribution in [2.24, 2.45) is 0 Å². The monoisotopic (exact) mass is 840 g/mol. The Morgan fingerprint density at radius 2 is 0.719 bits per heavy atom. The van der Waals surface area contributed by atoms with E-state index in [1.807, 2.05) is 0 Å². The first-order valence-corrected chi connectivity index (χ1v) is 23.3. The first-order chi connectivity index (χ1) is 30.1. The first-order valence-electron chi connectivity index (χ1n) is 23.3. The van der Waals surface area contributed by atoms with Crippen LogP contribution in [-0.4, -0.2) is 6.71 Å². The number of nitrogens with zero attached hydrogens (tertiary/aromatic N) is 3. The molecule has 7 aromatic carbocycles. The van der Waals surface area contributed by atoms with Gasteiger partial charge in [0, 0.05) is 45.5 Å². The zero-order valence-electron chi connectivity index (χ0n) is 40.8. The van der Waals surface area contributed by atoms with Gasteiger partial charge in [0.25, 0.3) is 6.71 Å². The summed E-state index contributed by atoms with van der Waals surface area (Å²) in [6.07, 6.45) is 0. The maximum atomic E-state index is 2.67. The van der Waals surface area contributed by atoms with Crippen molar-refractivity contribution in [2.75, 3.05) is 14.7 Å². The maximum Gasteiger partial charge on any atom is 0.252 e. The highest BCUT2D eigenvalue weighted by Gasteiger charge is 2.47. The van der Waals surface area contributed by atoms with Gasteiger partial charge in [0.05, 0.1) is 5.69 Å². The van der Waals surface area contributed by atoms with Crippen molar-refractivity contribution in [3.05, 3.63) is 179 Å². The summed E-state index contributed by atoms with van der Waals surface area (Å²) in [6.45, 7) is 32.8. The van der Waals surface area contributed by atoms with Crippen LogP contribution in [0.1, 0.15) is 116 Å². The highest BCUT2D eigenvalue weighted by atomic mass is 15.2. The molecule has 0 spiro atoms. The molecular weight excluding hydrogens is 773 g/mol. The van der Waals surface area contributed by atoms with Gasteiger partial charge in [-0.3, -0.25) is 0 Å². The highest BCUT2D eigenvalue weighted by molar-refractivity contribution is 7.00. The number of anilines is 9. The molecular formula is C60H66BN3. The summed E-state index contributed by atoms with van der Waals surface area (Å²) >= 11 is 0. The van der Waals surface area contributed by atoms with E-state index < -0.39 is 0 Å². The quantitative estimate of drug-likeness (QED) is 0.160. The van der Waals surface area contributed by atoms with Crippen molar-refractivity contribution in [3.63, 3.8) is 0 Å². The van der Waals surface area contributed by atoms with Gasteiger partial charge >= 0.3 is 0 Å². The Morgan fingerprint density at radius 1 is 0.359 bits per heavy atom. The molecule has 324 valence electrons. The summed E-state index contributed by atoms with van der Waals surface area (Å²) in [5, 5.41) is 0. The summed E-state index contributed by atoms with van der Waals surface area (Å²) < 4.78 is 0. The molecule has 0 N–H and O–H groups in total. The number of fused-ring (bicyclic) bond motifs is 4. The lowest BCUT2D eigenvalue weighted by Gasteiger charge is -2.48. The molecule has 0 unspecified atom stereocenters. The van der Waals surface area contributed by atoms with E-state index in [1.165, 1.54) is 83.9 Å². The van der Waals surface area contributed by atoms with E-state index in [0.29, 0.717) is 0 Å². The summed E-state index contributed by atoms with van der Waals surface area (Å²) in [7, 11) is 0. The third-order valence-electron chi connectivity index (χ3n) is 13.4. The molecule has 0 aromatic heterocycles. The summed E-state index contributed by atoms with van der Waals surface area (Å²) in [5.41, 5.74) is 22.1. The minimum absolute atomic E-state index is 0.0175. The Bertz CT molecular complexity index is 2740. The fraction of sp³-hybridized carbons (Fsp3) is 0.300. The molecule has 0 bridgehead atoms. The van der Waals surface area contributed by atoms with Crippen molar-refractivity contribution >= 4 is 74.3 Å². The standard InChI is InChI=1S/C60H66BN3/c1-39-23-19-25-41(35-39)62(42-26-20-24-40(2)36-42)43-37-52-54-53(38-43)64(51-34-18-16-28-45(51)58(6,7)8)56-47(60(12,13)14)30-22-32-49(56)61(54)48-31-21-29-46(59(9,10)11)55(48)63(52)50-33-17-15-27-44(50)57(3,4)5/h15-38H,1-14H3. The molecule has 64 heavy (non-hydrogen) atoms. The van der Waals surface area contributed by atoms with Gasteiger partial charge in [-0.05, 0) is 134 Å². The van der Waals surface area contributed by atoms with Gasteiger partial charge in [-0.15, -0.1) is 0 Å². The maximum absolute atomic E-state index is 2.67. The van der Waals surface area contributed by atoms with E-state index in [9.17, 15) is 0 Å². The molecule has 2 aliphatic heterocycles. The molecule has 0 amide bonds. The number of benzene rings is 7. The average Bonchev–Trinajstić information content (AvgIpc) is 3.22. The van der Waals surface area contributed by atoms with Crippen LogP contribution in [0.3, 0.4) is 0 Å². The molecule has 0 aliphatic carbocycles. The van der Waals surface area contributed by atoms with Crippen LogP contribution < -0.4 is 31.1 Å². The number of aryl methyl sites for hydroxylation is 2. The lowest BCUT2D eigenvalue weighted by molar-refractivity contribution is 0.587. The Balaban J connectivity index is 1.53. The van der Waals surface area contributed by atoms with Gasteiger partial charge in [0.15, 0.2) is 0 Å². The van der Waals surface area contributed by atoms with Gasteiger partial charge in [0.1, 0.15) is 0 Å². The molecule has 3 nitrogen and oxygen atoms in total. The first kappa shape index (κ1) is 43.3. The normalized spacial score (nSPS) is 13.7. The predicted octanol–water partition coefficient (Wildman–Crippen LogP) is 15.0. The summed E-state index contributed by atoms with van der Waals surface area (Å²) in [5.74, 6) is 0. The molecule has 4 heteroatoms. The number of rotatable bonds is 5. The van der Waals surface area contributed by atoms with Crippen LogP contribution in [0.5, 0.6) is 0 Å². The minimum Gasteiger partial charge on any atom is -0.311 e. The Morgan fingerprint density at radius 3 is 1.09 bits per heavy atom. The number of hydrogen-bond donors (Lipinski definition) is 0. The molecule has 9 rings (SSSR count). The Kier molecular flexibility index (Phi) is 10.4. The fourth-order valence-electron chi connectivity index (χ4n) is 10.5. The summed E-state index contributed by atoms with van der Waals surface area (Å²) in [4.78, 5) is 7.84. The van der Waals surface area contributed by atoms with Gasteiger partial charge in [-0.25, -0.2) is 0 Å². The predicted molar refractivity (Wildman–Crippen MR) is 279 cm³/mol. The zero-order valence-corrected chi connectivity index (χ0v) is 40.8. The SMILES string of the molecule is Cc1cccc(N(c2cccc(C)c2)c2cc3c4c(c2)N(c2ccccc2C(C)(C)C)c2c(cccc2C(C)(C)C)B4c2cccc(C(C)(C)C)c2N3c2ccccc2C(C)(C)C)c1. The van der Waals surface area contributed by atoms with Crippen molar-refractivity contribution < 1.29 is 0 Å². The average molecular weight is 840 g/mol. The van der Waals surface area contributed by atoms with E-state index in [0.717, 1.165) is 17.1 Å². The second-order valence-corrected chi connectivity index (χ2v) is 22.5. The second kappa shape index (κ2) is 15.3. The smallest absolute Gasteiger partial charge is 0.252 e. The third-order valence-corrected chi connectivity index (χ3v) is 13.4. The van der Waals surface area contributed by atoms with Crippen LogP contribution in [-0.2, 0) is 21.7 Å². The molecule has 2 heterocycles. The van der Waals surface area contributed by atoms with Crippen LogP contribution >= 0.6 is 0 Å². The zero-order chi connectivity index (χ0) is 45.7. The topological polar surface area (TPSA) is 9.72 Å². The molecule has 0 saturated heterocycles. The summed E-state index contributed by atoms with van der Waals surface area (Å²) in [6, 6.07) is 55.6. The van der Waals surface area contributed by atoms with Crippen molar-refractivity contribution in [3.8, 4) is 0 Å². The van der Waals surface area contributed by atoms with Crippen molar-refractivity contribution in [2.45, 2.75) is 119 Å². The van der Waals surface area contributed by atoms with Crippen LogP contribution in [0.4, 0.5) is 51.2 Å². The molecule has 0 saturated carbocycles. The van der Waals surface area contributed by atoms with E-state index >= 15 is 0 Å². The largest absolute Gasteiger partial charge is 0.311 e. The van der Waals surface area contributed by atoms with Crippen LogP contribution in [0, 0.1) is 13.8 Å². The highest BCUT2D eigenvalue weighted by Crippen LogP contribution is 2.53. The van der Waals surface area contributed by atoms with Gasteiger partial charge in [-0.2, -0.15) is 0 Å².